The van der Waals surface area contributed by atoms with Gasteiger partial charge in [-0.2, -0.15) is 0 Å². The number of hydrogen-bond acceptors (Lipinski definition) is 2. The summed E-state index contributed by atoms with van der Waals surface area (Å²) in [5, 5.41) is 12.7. The Labute approximate surface area is 93.5 Å². The predicted octanol–water partition coefficient (Wildman–Crippen LogP) is 2.32. The van der Waals surface area contributed by atoms with Gasteiger partial charge in [-0.15, -0.1) is 0 Å². The summed E-state index contributed by atoms with van der Waals surface area (Å²) < 4.78 is 0. The van der Waals surface area contributed by atoms with Gasteiger partial charge in [-0.25, -0.2) is 0 Å². The molecule has 1 spiro atoms. The molecule has 2 heteroatoms. The van der Waals surface area contributed by atoms with Crippen molar-refractivity contribution in [2.75, 3.05) is 13.2 Å². The third-order valence-electron chi connectivity index (χ3n) is 4.54. The fourth-order valence-corrected chi connectivity index (χ4v) is 3.28. The van der Waals surface area contributed by atoms with E-state index < -0.39 is 0 Å². The molecule has 0 radical (unpaired) electrons. The molecule has 2 N–H and O–H groups in total. The van der Waals surface area contributed by atoms with Gasteiger partial charge in [0.15, 0.2) is 0 Å². The van der Waals surface area contributed by atoms with Gasteiger partial charge in [-0.1, -0.05) is 26.2 Å². The van der Waals surface area contributed by atoms with Crippen LogP contribution >= 0.6 is 0 Å². The van der Waals surface area contributed by atoms with E-state index in [0.717, 1.165) is 12.6 Å². The average molecular weight is 211 g/mol. The minimum absolute atomic E-state index is 0.312. The lowest BCUT2D eigenvalue weighted by Crippen LogP contribution is -2.55. The van der Waals surface area contributed by atoms with Crippen LogP contribution in [0.5, 0.6) is 0 Å². The van der Waals surface area contributed by atoms with E-state index >= 15 is 0 Å². The van der Waals surface area contributed by atoms with Crippen LogP contribution in [0.25, 0.3) is 0 Å². The van der Waals surface area contributed by atoms with Crippen molar-refractivity contribution >= 4 is 0 Å². The second kappa shape index (κ2) is 4.84. The van der Waals surface area contributed by atoms with E-state index in [1.54, 1.807) is 0 Å². The van der Waals surface area contributed by atoms with Gasteiger partial charge in [-0.05, 0) is 37.0 Å². The second-order valence-electron chi connectivity index (χ2n) is 5.71. The molecule has 0 aromatic rings. The zero-order chi connectivity index (χ0) is 10.7. The van der Waals surface area contributed by atoms with Gasteiger partial charge in [0, 0.05) is 19.2 Å². The molecule has 88 valence electrons. The normalized spacial score (nSPS) is 31.2. The van der Waals surface area contributed by atoms with Gasteiger partial charge in [0.05, 0.1) is 0 Å². The SMILES string of the molecule is CC(CO)CNC1CCC12CCCCC2. The highest BCUT2D eigenvalue weighted by Crippen LogP contribution is 2.51. The topological polar surface area (TPSA) is 32.3 Å². The molecule has 0 saturated heterocycles. The van der Waals surface area contributed by atoms with Crippen molar-refractivity contribution in [1.82, 2.24) is 5.32 Å². The third kappa shape index (κ3) is 2.36. The lowest BCUT2D eigenvalue weighted by molar-refractivity contribution is 0.0200. The maximum Gasteiger partial charge on any atom is 0.0468 e. The Hall–Kier alpha value is -0.0800. The first kappa shape index (κ1) is 11.4. The number of aliphatic hydroxyl groups is 1. The molecule has 2 aliphatic carbocycles. The van der Waals surface area contributed by atoms with E-state index in [2.05, 4.69) is 12.2 Å². The van der Waals surface area contributed by atoms with Crippen molar-refractivity contribution in [2.45, 2.75) is 57.9 Å². The molecule has 0 heterocycles. The first-order valence-electron chi connectivity index (χ1n) is 6.61. The maximum atomic E-state index is 9.00. The van der Waals surface area contributed by atoms with Crippen LogP contribution in [-0.4, -0.2) is 24.3 Å². The Bertz CT molecular complexity index is 199. The molecule has 0 aliphatic heterocycles. The van der Waals surface area contributed by atoms with Crippen LogP contribution in [0.4, 0.5) is 0 Å². The van der Waals surface area contributed by atoms with Gasteiger partial charge in [0.25, 0.3) is 0 Å². The number of rotatable bonds is 4. The smallest absolute Gasteiger partial charge is 0.0468 e. The molecule has 0 bridgehead atoms. The zero-order valence-corrected chi connectivity index (χ0v) is 9.97. The van der Waals surface area contributed by atoms with Gasteiger partial charge >= 0.3 is 0 Å². The molecular formula is C13H25NO. The molecule has 2 rings (SSSR count). The van der Waals surface area contributed by atoms with Crippen LogP contribution in [-0.2, 0) is 0 Å². The number of aliphatic hydroxyl groups excluding tert-OH is 1. The van der Waals surface area contributed by atoms with Gasteiger partial charge in [0.1, 0.15) is 0 Å². The second-order valence-corrected chi connectivity index (χ2v) is 5.71. The van der Waals surface area contributed by atoms with Crippen LogP contribution in [0.2, 0.25) is 0 Å². The van der Waals surface area contributed by atoms with E-state index in [1.807, 2.05) is 0 Å². The molecule has 2 unspecified atom stereocenters. The predicted molar refractivity (Wildman–Crippen MR) is 62.8 cm³/mol. The summed E-state index contributed by atoms with van der Waals surface area (Å²) in [5.41, 5.74) is 0.660. The lowest BCUT2D eigenvalue weighted by atomic mass is 9.57. The van der Waals surface area contributed by atoms with Crippen LogP contribution in [0, 0.1) is 11.3 Å². The molecule has 0 amide bonds. The van der Waals surface area contributed by atoms with Crippen molar-refractivity contribution in [3.8, 4) is 0 Å². The Morgan fingerprint density at radius 3 is 2.53 bits per heavy atom. The molecule has 2 saturated carbocycles. The molecular weight excluding hydrogens is 186 g/mol. The van der Waals surface area contributed by atoms with Crippen LogP contribution in [0.1, 0.15) is 51.9 Å². The summed E-state index contributed by atoms with van der Waals surface area (Å²) in [6.07, 6.45) is 10.0. The fourth-order valence-electron chi connectivity index (χ4n) is 3.28. The van der Waals surface area contributed by atoms with Crippen molar-refractivity contribution in [3.63, 3.8) is 0 Å². The van der Waals surface area contributed by atoms with Crippen molar-refractivity contribution in [2.24, 2.45) is 11.3 Å². The third-order valence-corrected chi connectivity index (χ3v) is 4.54. The van der Waals surface area contributed by atoms with E-state index in [0.29, 0.717) is 17.9 Å². The highest BCUT2D eigenvalue weighted by Gasteiger charge is 2.46. The van der Waals surface area contributed by atoms with Crippen molar-refractivity contribution in [3.05, 3.63) is 0 Å². The Kier molecular flexibility index (Phi) is 3.68. The maximum absolute atomic E-state index is 9.00. The van der Waals surface area contributed by atoms with E-state index in [1.165, 1.54) is 44.9 Å². The minimum Gasteiger partial charge on any atom is -0.396 e. The van der Waals surface area contributed by atoms with Crippen molar-refractivity contribution in [1.29, 1.82) is 0 Å². The standard InChI is InChI=1S/C13H25NO/c1-11(10-15)9-14-12-5-8-13(12)6-3-2-4-7-13/h11-12,14-15H,2-10H2,1H3. The summed E-state index contributed by atoms with van der Waals surface area (Å²) in [4.78, 5) is 0. The van der Waals surface area contributed by atoms with Gasteiger partial charge in [0.2, 0.25) is 0 Å². The first-order valence-corrected chi connectivity index (χ1v) is 6.61. The molecule has 15 heavy (non-hydrogen) atoms. The van der Waals surface area contributed by atoms with Crippen LogP contribution in [0.3, 0.4) is 0 Å². The molecule has 2 atom stereocenters. The quantitative estimate of drug-likeness (QED) is 0.748. The summed E-state index contributed by atoms with van der Waals surface area (Å²) in [6.45, 7) is 3.41. The van der Waals surface area contributed by atoms with Crippen LogP contribution < -0.4 is 5.32 Å². The average Bonchev–Trinajstić information content (AvgIpc) is 2.28. The zero-order valence-electron chi connectivity index (χ0n) is 9.97. The Balaban J connectivity index is 1.78. The molecule has 2 aliphatic rings. The Morgan fingerprint density at radius 1 is 1.27 bits per heavy atom. The van der Waals surface area contributed by atoms with Crippen molar-refractivity contribution < 1.29 is 5.11 Å². The summed E-state index contributed by atoms with van der Waals surface area (Å²) in [5.74, 6) is 0.409. The highest BCUT2D eigenvalue weighted by atomic mass is 16.3. The Morgan fingerprint density at radius 2 is 2.00 bits per heavy atom. The molecule has 2 fully saturated rings. The summed E-state index contributed by atoms with van der Waals surface area (Å²) in [7, 11) is 0. The number of nitrogens with one attached hydrogen (secondary N) is 1. The summed E-state index contributed by atoms with van der Waals surface area (Å²) >= 11 is 0. The lowest BCUT2D eigenvalue weighted by Gasteiger charge is -2.53. The highest BCUT2D eigenvalue weighted by molar-refractivity contribution is 5.01. The molecule has 0 aromatic carbocycles. The fraction of sp³-hybridized carbons (Fsp3) is 1.00. The van der Waals surface area contributed by atoms with Gasteiger partial charge < -0.3 is 10.4 Å². The van der Waals surface area contributed by atoms with Crippen LogP contribution in [0.15, 0.2) is 0 Å². The number of hydrogen-bond donors (Lipinski definition) is 2. The molecule has 2 nitrogen and oxygen atoms in total. The minimum atomic E-state index is 0.312. The summed E-state index contributed by atoms with van der Waals surface area (Å²) in [6, 6.07) is 0.756. The molecule has 0 aromatic heterocycles. The van der Waals surface area contributed by atoms with E-state index in [-0.39, 0.29) is 0 Å². The monoisotopic (exact) mass is 211 g/mol. The first-order chi connectivity index (χ1) is 7.27. The van der Waals surface area contributed by atoms with E-state index in [4.69, 9.17) is 5.11 Å². The van der Waals surface area contributed by atoms with Gasteiger partial charge in [-0.3, -0.25) is 0 Å². The largest absolute Gasteiger partial charge is 0.396 e. The van der Waals surface area contributed by atoms with E-state index in [9.17, 15) is 0 Å².